The third-order valence-electron chi connectivity index (χ3n) is 3.72. The van der Waals surface area contributed by atoms with Crippen LogP contribution in [0.1, 0.15) is 11.1 Å². The number of aryl methyl sites for hydroxylation is 1. The van der Waals surface area contributed by atoms with Gasteiger partial charge in [0.2, 0.25) is 10.0 Å². The molecule has 26 heavy (non-hydrogen) atoms. The van der Waals surface area contributed by atoms with Crippen LogP contribution in [0.3, 0.4) is 0 Å². The third kappa shape index (κ3) is 6.01. The van der Waals surface area contributed by atoms with Gasteiger partial charge in [-0.2, -0.15) is 0 Å². The van der Waals surface area contributed by atoms with Crippen molar-refractivity contribution in [3.05, 3.63) is 58.6 Å². The number of ether oxygens (including phenoxy) is 1. The van der Waals surface area contributed by atoms with Crippen molar-refractivity contribution in [3.8, 4) is 5.75 Å². The average molecular weight is 397 g/mol. The smallest absolute Gasteiger partial charge is 0.262 e. The van der Waals surface area contributed by atoms with Crippen LogP contribution in [0, 0.1) is 6.92 Å². The zero-order valence-corrected chi connectivity index (χ0v) is 16.4. The van der Waals surface area contributed by atoms with Crippen molar-refractivity contribution in [2.75, 3.05) is 25.2 Å². The Balaban J connectivity index is 1.87. The molecule has 8 heteroatoms. The SMILES string of the molecule is Cc1ccc(NC(=O)COc2ccc(CN(C)S(C)(=O)=O)cc2)cc1Cl. The van der Waals surface area contributed by atoms with Gasteiger partial charge in [0, 0.05) is 24.3 Å². The minimum absolute atomic E-state index is 0.145. The van der Waals surface area contributed by atoms with E-state index in [-0.39, 0.29) is 19.1 Å². The molecular formula is C18H21ClN2O4S. The summed E-state index contributed by atoms with van der Waals surface area (Å²) in [6, 6.07) is 12.2. The molecule has 0 spiro atoms. The summed E-state index contributed by atoms with van der Waals surface area (Å²) in [4.78, 5) is 12.0. The highest BCUT2D eigenvalue weighted by atomic mass is 35.5. The summed E-state index contributed by atoms with van der Waals surface area (Å²) in [5.41, 5.74) is 2.36. The average Bonchev–Trinajstić information content (AvgIpc) is 2.57. The number of sulfonamides is 1. The lowest BCUT2D eigenvalue weighted by atomic mass is 10.2. The highest BCUT2D eigenvalue weighted by molar-refractivity contribution is 7.88. The Labute approximate surface area is 158 Å². The maximum absolute atomic E-state index is 12.0. The van der Waals surface area contributed by atoms with E-state index in [0.29, 0.717) is 16.5 Å². The van der Waals surface area contributed by atoms with Crippen LogP contribution in [-0.4, -0.2) is 38.5 Å². The number of hydrogen-bond acceptors (Lipinski definition) is 4. The van der Waals surface area contributed by atoms with Crippen molar-refractivity contribution in [2.45, 2.75) is 13.5 Å². The first-order chi connectivity index (χ1) is 12.1. The fraction of sp³-hybridized carbons (Fsp3) is 0.278. The third-order valence-corrected chi connectivity index (χ3v) is 5.39. The first-order valence-electron chi connectivity index (χ1n) is 7.84. The lowest BCUT2D eigenvalue weighted by molar-refractivity contribution is -0.118. The van der Waals surface area contributed by atoms with Gasteiger partial charge in [0.1, 0.15) is 5.75 Å². The van der Waals surface area contributed by atoms with E-state index in [1.54, 1.807) is 36.4 Å². The summed E-state index contributed by atoms with van der Waals surface area (Å²) < 4.78 is 29.5. The molecule has 0 bridgehead atoms. The molecule has 0 aliphatic rings. The second-order valence-electron chi connectivity index (χ2n) is 5.96. The van der Waals surface area contributed by atoms with Crippen LogP contribution in [0.2, 0.25) is 5.02 Å². The molecule has 140 valence electrons. The monoisotopic (exact) mass is 396 g/mol. The van der Waals surface area contributed by atoms with Crippen molar-refractivity contribution >= 4 is 33.2 Å². The molecule has 2 aromatic rings. The van der Waals surface area contributed by atoms with Crippen molar-refractivity contribution in [1.29, 1.82) is 0 Å². The molecule has 2 rings (SSSR count). The highest BCUT2D eigenvalue weighted by Crippen LogP contribution is 2.20. The normalized spacial score (nSPS) is 11.4. The minimum atomic E-state index is -3.23. The minimum Gasteiger partial charge on any atom is -0.484 e. The summed E-state index contributed by atoms with van der Waals surface area (Å²) in [6.45, 7) is 2.01. The number of nitrogens with one attached hydrogen (secondary N) is 1. The van der Waals surface area contributed by atoms with Crippen molar-refractivity contribution in [1.82, 2.24) is 4.31 Å². The Morgan fingerprint density at radius 2 is 1.85 bits per heavy atom. The number of carbonyl (C=O) groups excluding carboxylic acids is 1. The molecule has 0 unspecified atom stereocenters. The van der Waals surface area contributed by atoms with Crippen molar-refractivity contribution < 1.29 is 17.9 Å². The van der Waals surface area contributed by atoms with Crippen LogP contribution in [0.5, 0.6) is 5.75 Å². The highest BCUT2D eigenvalue weighted by Gasteiger charge is 2.11. The molecule has 1 amide bonds. The number of nitrogens with zero attached hydrogens (tertiary/aromatic N) is 1. The lowest BCUT2D eigenvalue weighted by Crippen LogP contribution is -2.24. The van der Waals surface area contributed by atoms with Crippen LogP contribution in [0.4, 0.5) is 5.69 Å². The second kappa shape index (κ2) is 8.53. The molecule has 0 fully saturated rings. The van der Waals surface area contributed by atoms with Gasteiger partial charge >= 0.3 is 0 Å². The van der Waals surface area contributed by atoms with E-state index in [1.807, 2.05) is 13.0 Å². The van der Waals surface area contributed by atoms with Gasteiger partial charge in [-0.1, -0.05) is 29.8 Å². The topological polar surface area (TPSA) is 75.7 Å². The first kappa shape index (κ1) is 20.2. The summed E-state index contributed by atoms with van der Waals surface area (Å²) in [6.07, 6.45) is 1.16. The van der Waals surface area contributed by atoms with Gasteiger partial charge in [0.25, 0.3) is 5.91 Å². The van der Waals surface area contributed by atoms with E-state index in [2.05, 4.69) is 5.32 Å². The summed E-state index contributed by atoms with van der Waals surface area (Å²) in [7, 11) is -1.71. The number of carbonyl (C=O) groups is 1. The molecule has 0 aliphatic carbocycles. The maximum atomic E-state index is 12.0. The van der Waals surface area contributed by atoms with Gasteiger partial charge in [-0.05, 0) is 42.3 Å². The van der Waals surface area contributed by atoms with Gasteiger partial charge < -0.3 is 10.1 Å². The standard InChI is InChI=1S/C18H21ClN2O4S/c1-13-4-7-15(10-17(13)19)20-18(22)12-25-16-8-5-14(6-9-16)11-21(2)26(3,23)24/h4-10H,11-12H2,1-3H3,(H,20,22). The number of hydrogen-bond donors (Lipinski definition) is 1. The van der Waals surface area contributed by atoms with Crippen LogP contribution >= 0.6 is 11.6 Å². The van der Waals surface area contributed by atoms with Gasteiger partial charge in [-0.25, -0.2) is 12.7 Å². The lowest BCUT2D eigenvalue weighted by Gasteiger charge is -2.14. The predicted molar refractivity (Wildman–Crippen MR) is 103 cm³/mol. The van der Waals surface area contributed by atoms with Gasteiger partial charge in [-0.3, -0.25) is 4.79 Å². The van der Waals surface area contributed by atoms with Crippen molar-refractivity contribution in [2.24, 2.45) is 0 Å². The fourth-order valence-corrected chi connectivity index (χ4v) is 2.65. The quantitative estimate of drug-likeness (QED) is 0.780. The second-order valence-corrected chi connectivity index (χ2v) is 8.46. The molecule has 0 saturated heterocycles. The zero-order valence-electron chi connectivity index (χ0n) is 14.8. The largest absolute Gasteiger partial charge is 0.484 e. The molecule has 0 aliphatic heterocycles. The number of anilines is 1. The number of benzene rings is 2. The van der Waals surface area contributed by atoms with Crippen LogP contribution in [-0.2, 0) is 21.4 Å². The molecule has 0 radical (unpaired) electrons. The Morgan fingerprint density at radius 3 is 2.42 bits per heavy atom. The van der Waals surface area contributed by atoms with Gasteiger partial charge in [0.15, 0.2) is 6.61 Å². The van der Waals surface area contributed by atoms with E-state index < -0.39 is 10.0 Å². The molecule has 0 atom stereocenters. The number of rotatable bonds is 7. The van der Waals surface area contributed by atoms with E-state index in [9.17, 15) is 13.2 Å². The van der Waals surface area contributed by atoms with Gasteiger partial charge in [-0.15, -0.1) is 0 Å². The molecule has 0 saturated carbocycles. The molecule has 0 aromatic heterocycles. The fourth-order valence-electron chi connectivity index (χ4n) is 2.08. The zero-order chi connectivity index (χ0) is 19.3. The Kier molecular flexibility index (Phi) is 6.63. The van der Waals surface area contributed by atoms with Crippen LogP contribution < -0.4 is 10.1 Å². The van der Waals surface area contributed by atoms with E-state index >= 15 is 0 Å². The van der Waals surface area contributed by atoms with Crippen LogP contribution in [0.25, 0.3) is 0 Å². The first-order valence-corrected chi connectivity index (χ1v) is 10.1. The Bertz CT molecular complexity index is 883. The summed E-state index contributed by atoms with van der Waals surface area (Å²) in [5, 5.41) is 3.29. The van der Waals surface area contributed by atoms with Gasteiger partial charge in [0.05, 0.1) is 6.26 Å². The van der Waals surface area contributed by atoms with E-state index in [1.165, 1.54) is 11.4 Å². The predicted octanol–water partition coefficient (Wildman–Crippen LogP) is 3.06. The molecule has 6 nitrogen and oxygen atoms in total. The number of amides is 1. The van der Waals surface area contributed by atoms with Crippen molar-refractivity contribution in [3.63, 3.8) is 0 Å². The number of halogens is 1. The summed E-state index contributed by atoms with van der Waals surface area (Å²) >= 11 is 6.03. The molecule has 2 aromatic carbocycles. The van der Waals surface area contributed by atoms with E-state index in [4.69, 9.17) is 16.3 Å². The Morgan fingerprint density at radius 1 is 1.19 bits per heavy atom. The molecule has 0 heterocycles. The summed E-state index contributed by atoms with van der Waals surface area (Å²) in [5.74, 6) is 0.221. The maximum Gasteiger partial charge on any atom is 0.262 e. The van der Waals surface area contributed by atoms with Crippen LogP contribution in [0.15, 0.2) is 42.5 Å². The molecular weight excluding hydrogens is 376 g/mol. The molecule has 1 N–H and O–H groups in total. The Hall–Kier alpha value is -2.09. The van der Waals surface area contributed by atoms with E-state index in [0.717, 1.165) is 17.4 Å².